The molecule has 1 N–H and O–H groups in total. The smallest absolute Gasteiger partial charge is 0.234 e. The molecule has 0 heterocycles. The standard InChI is InChI=1S/C21H24N2O3/c1-25-19-11-5-10-18(13-15-23-20(24)12-14-22)21(19)26-16-6-9-17-7-3-2-4-8-17/h2-5,7-8,10-11H,6,9,12-13,15-16H2,1H3,(H,23,24). The molecule has 0 atom stereocenters. The molecule has 0 fully saturated rings. The van der Waals surface area contributed by atoms with Crippen molar-refractivity contribution in [3.63, 3.8) is 0 Å². The van der Waals surface area contributed by atoms with Gasteiger partial charge in [0.25, 0.3) is 0 Å². The van der Waals surface area contributed by atoms with Gasteiger partial charge in [-0.3, -0.25) is 4.79 Å². The summed E-state index contributed by atoms with van der Waals surface area (Å²) in [5, 5.41) is 11.2. The second-order valence-corrected chi connectivity index (χ2v) is 5.82. The molecule has 0 saturated heterocycles. The van der Waals surface area contributed by atoms with Gasteiger partial charge in [-0.25, -0.2) is 0 Å². The first-order valence-electron chi connectivity index (χ1n) is 8.71. The molecule has 0 saturated carbocycles. The molecule has 0 bridgehead atoms. The van der Waals surface area contributed by atoms with Gasteiger partial charge < -0.3 is 14.8 Å². The number of ether oxygens (including phenoxy) is 2. The Morgan fingerprint density at radius 2 is 1.92 bits per heavy atom. The number of benzene rings is 2. The summed E-state index contributed by atoms with van der Waals surface area (Å²) < 4.78 is 11.4. The summed E-state index contributed by atoms with van der Waals surface area (Å²) in [6.07, 6.45) is 2.35. The van der Waals surface area contributed by atoms with Crippen molar-refractivity contribution < 1.29 is 14.3 Å². The fourth-order valence-electron chi connectivity index (χ4n) is 2.65. The van der Waals surface area contributed by atoms with Crippen molar-refractivity contribution in [2.75, 3.05) is 20.3 Å². The fourth-order valence-corrected chi connectivity index (χ4v) is 2.65. The molecule has 1 amide bonds. The van der Waals surface area contributed by atoms with E-state index in [1.54, 1.807) is 7.11 Å². The molecule has 2 aromatic rings. The van der Waals surface area contributed by atoms with E-state index in [-0.39, 0.29) is 12.3 Å². The van der Waals surface area contributed by atoms with Crippen LogP contribution in [0.2, 0.25) is 0 Å². The number of amides is 1. The van der Waals surface area contributed by atoms with Crippen molar-refractivity contribution >= 4 is 5.91 Å². The minimum Gasteiger partial charge on any atom is -0.493 e. The molecule has 136 valence electrons. The molecule has 0 unspecified atom stereocenters. The lowest BCUT2D eigenvalue weighted by molar-refractivity contribution is -0.120. The molecule has 0 aliphatic heterocycles. The highest BCUT2D eigenvalue weighted by Crippen LogP contribution is 2.31. The van der Waals surface area contributed by atoms with Gasteiger partial charge in [-0.1, -0.05) is 42.5 Å². The Kier molecular flexibility index (Phi) is 8.01. The van der Waals surface area contributed by atoms with Crippen LogP contribution in [0.25, 0.3) is 0 Å². The molecule has 0 spiro atoms. The molecule has 5 nitrogen and oxygen atoms in total. The summed E-state index contributed by atoms with van der Waals surface area (Å²) in [7, 11) is 1.62. The van der Waals surface area contributed by atoms with Gasteiger partial charge in [0.1, 0.15) is 6.42 Å². The third-order valence-electron chi connectivity index (χ3n) is 3.94. The summed E-state index contributed by atoms with van der Waals surface area (Å²) in [6.45, 7) is 1.04. The number of nitriles is 1. The largest absolute Gasteiger partial charge is 0.493 e. The van der Waals surface area contributed by atoms with Gasteiger partial charge in [-0.2, -0.15) is 5.26 Å². The van der Waals surface area contributed by atoms with E-state index in [1.165, 1.54) is 5.56 Å². The van der Waals surface area contributed by atoms with E-state index in [1.807, 2.05) is 42.5 Å². The van der Waals surface area contributed by atoms with Crippen LogP contribution in [0, 0.1) is 11.3 Å². The van der Waals surface area contributed by atoms with Crippen LogP contribution in [0.5, 0.6) is 11.5 Å². The SMILES string of the molecule is COc1cccc(CCNC(=O)CC#N)c1OCCCc1ccccc1. The fraction of sp³-hybridized carbons (Fsp3) is 0.333. The second-order valence-electron chi connectivity index (χ2n) is 5.82. The Morgan fingerprint density at radius 3 is 2.65 bits per heavy atom. The number of nitrogens with one attached hydrogen (secondary N) is 1. The molecule has 2 rings (SSSR count). The third kappa shape index (κ3) is 6.14. The Bertz CT molecular complexity index is 739. The third-order valence-corrected chi connectivity index (χ3v) is 3.94. The van der Waals surface area contributed by atoms with Crippen LogP contribution >= 0.6 is 0 Å². The molecule has 2 aromatic carbocycles. The second kappa shape index (κ2) is 10.8. The van der Waals surface area contributed by atoms with E-state index in [0.717, 1.165) is 24.2 Å². The van der Waals surface area contributed by atoms with Gasteiger partial charge in [0, 0.05) is 6.54 Å². The number of carbonyl (C=O) groups excluding carboxylic acids is 1. The highest BCUT2D eigenvalue weighted by atomic mass is 16.5. The number of aryl methyl sites for hydroxylation is 1. The molecule has 0 aliphatic rings. The topological polar surface area (TPSA) is 71.3 Å². The molecule has 26 heavy (non-hydrogen) atoms. The first kappa shape index (κ1) is 19.3. The van der Waals surface area contributed by atoms with E-state index >= 15 is 0 Å². The van der Waals surface area contributed by atoms with Crippen LogP contribution in [0.15, 0.2) is 48.5 Å². The Balaban J connectivity index is 1.90. The maximum absolute atomic E-state index is 11.4. The zero-order valence-electron chi connectivity index (χ0n) is 15.0. The zero-order valence-corrected chi connectivity index (χ0v) is 15.0. The van der Waals surface area contributed by atoms with Crippen LogP contribution in [0.1, 0.15) is 24.0 Å². The number of rotatable bonds is 10. The number of nitrogens with zero attached hydrogens (tertiary/aromatic N) is 1. The zero-order chi connectivity index (χ0) is 18.6. The maximum Gasteiger partial charge on any atom is 0.234 e. The minimum absolute atomic E-state index is 0.124. The van der Waals surface area contributed by atoms with Gasteiger partial charge in [0.15, 0.2) is 11.5 Å². The Morgan fingerprint density at radius 1 is 1.12 bits per heavy atom. The van der Waals surface area contributed by atoms with Crippen LogP contribution < -0.4 is 14.8 Å². The van der Waals surface area contributed by atoms with Crippen molar-refractivity contribution in [2.24, 2.45) is 0 Å². The summed E-state index contributed by atoms with van der Waals surface area (Å²) >= 11 is 0. The van der Waals surface area contributed by atoms with E-state index in [0.29, 0.717) is 25.3 Å². The molecule has 0 aliphatic carbocycles. The average molecular weight is 352 g/mol. The predicted molar refractivity (Wildman–Crippen MR) is 100 cm³/mol. The number of hydrogen-bond donors (Lipinski definition) is 1. The monoisotopic (exact) mass is 352 g/mol. The van der Waals surface area contributed by atoms with Crippen molar-refractivity contribution in [1.82, 2.24) is 5.32 Å². The highest BCUT2D eigenvalue weighted by molar-refractivity contribution is 5.77. The van der Waals surface area contributed by atoms with Crippen molar-refractivity contribution in [3.8, 4) is 17.6 Å². The first-order chi connectivity index (χ1) is 12.7. The van der Waals surface area contributed by atoms with Gasteiger partial charge in [0.2, 0.25) is 5.91 Å². The van der Waals surface area contributed by atoms with Crippen molar-refractivity contribution in [2.45, 2.75) is 25.7 Å². The van der Waals surface area contributed by atoms with Crippen molar-refractivity contribution in [3.05, 3.63) is 59.7 Å². The summed E-state index contributed by atoms with van der Waals surface area (Å²) in [5.41, 5.74) is 2.26. The van der Waals surface area contributed by atoms with Crippen LogP contribution in [0.4, 0.5) is 0 Å². The van der Waals surface area contributed by atoms with E-state index < -0.39 is 0 Å². The van der Waals surface area contributed by atoms with Crippen molar-refractivity contribution in [1.29, 1.82) is 5.26 Å². The summed E-state index contributed by atoms with van der Waals surface area (Å²) in [4.78, 5) is 11.4. The first-order valence-corrected chi connectivity index (χ1v) is 8.71. The Hall–Kier alpha value is -3.00. The average Bonchev–Trinajstić information content (AvgIpc) is 2.67. The summed E-state index contributed by atoms with van der Waals surface area (Å²) in [6, 6.07) is 17.9. The maximum atomic E-state index is 11.4. The molecule has 5 heteroatoms. The van der Waals surface area contributed by atoms with Gasteiger partial charge in [0.05, 0.1) is 19.8 Å². The van der Waals surface area contributed by atoms with Gasteiger partial charge in [-0.15, -0.1) is 0 Å². The number of hydrogen-bond acceptors (Lipinski definition) is 4. The molecular formula is C21H24N2O3. The minimum atomic E-state index is -0.263. The molecular weight excluding hydrogens is 328 g/mol. The van der Waals surface area contributed by atoms with E-state index in [2.05, 4.69) is 17.4 Å². The number of methoxy groups -OCH3 is 1. The summed E-state index contributed by atoms with van der Waals surface area (Å²) in [5.74, 6) is 1.14. The normalized spacial score (nSPS) is 10.0. The molecule has 0 aromatic heterocycles. The number of carbonyl (C=O) groups is 1. The van der Waals surface area contributed by atoms with Crippen LogP contribution in [-0.4, -0.2) is 26.2 Å². The predicted octanol–water partition coefficient (Wildman–Crippen LogP) is 3.28. The quantitative estimate of drug-likeness (QED) is 0.666. The Labute approximate surface area is 154 Å². The lowest BCUT2D eigenvalue weighted by Crippen LogP contribution is -2.25. The van der Waals surface area contributed by atoms with Crippen LogP contribution in [-0.2, 0) is 17.6 Å². The number of para-hydroxylation sites is 1. The van der Waals surface area contributed by atoms with E-state index in [9.17, 15) is 4.79 Å². The van der Waals surface area contributed by atoms with Gasteiger partial charge >= 0.3 is 0 Å². The van der Waals surface area contributed by atoms with E-state index in [4.69, 9.17) is 14.7 Å². The van der Waals surface area contributed by atoms with Crippen LogP contribution in [0.3, 0.4) is 0 Å². The lowest BCUT2D eigenvalue weighted by atomic mass is 10.1. The lowest BCUT2D eigenvalue weighted by Gasteiger charge is -2.15. The molecule has 0 radical (unpaired) electrons. The van der Waals surface area contributed by atoms with Gasteiger partial charge in [-0.05, 0) is 36.5 Å². The highest BCUT2D eigenvalue weighted by Gasteiger charge is 2.11.